The number of nitrogens with zero attached hydrogens (tertiary/aromatic N) is 4. The molecule has 0 saturated heterocycles. The summed E-state index contributed by atoms with van der Waals surface area (Å²) in [5.41, 5.74) is 4.14. The van der Waals surface area contributed by atoms with Crippen LogP contribution in [-0.4, -0.2) is 31.7 Å². The van der Waals surface area contributed by atoms with Crippen LogP contribution in [0.1, 0.15) is 27.4 Å². The van der Waals surface area contributed by atoms with E-state index in [9.17, 15) is 4.79 Å². The van der Waals surface area contributed by atoms with Crippen molar-refractivity contribution in [1.29, 1.82) is 0 Å². The van der Waals surface area contributed by atoms with Crippen LogP contribution in [-0.2, 0) is 13.0 Å². The second-order valence-electron chi connectivity index (χ2n) is 6.90. The molecular formula is C23H21BrN4O. The molecule has 0 aliphatic heterocycles. The maximum Gasteiger partial charge on any atom is 0.273 e. The highest BCUT2D eigenvalue weighted by molar-refractivity contribution is 9.10. The monoisotopic (exact) mass is 448 g/mol. The number of pyridine rings is 2. The molecular weight excluding hydrogens is 428 g/mol. The number of imidazole rings is 1. The summed E-state index contributed by atoms with van der Waals surface area (Å²) >= 11 is 3.50. The molecule has 1 amide bonds. The molecule has 0 aliphatic carbocycles. The lowest BCUT2D eigenvalue weighted by molar-refractivity contribution is 0.0737. The Hall–Kier alpha value is -2.99. The molecule has 146 valence electrons. The van der Waals surface area contributed by atoms with E-state index >= 15 is 0 Å². The predicted octanol–water partition coefficient (Wildman–Crippen LogP) is 4.69. The molecule has 5 nitrogen and oxygen atoms in total. The lowest BCUT2D eigenvalue weighted by Gasteiger charge is -2.23. The van der Waals surface area contributed by atoms with Gasteiger partial charge in [0.1, 0.15) is 11.3 Å². The molecule has 0 atom stereocenters. The zero-order valence-corrected chi connectivity index (χ0v) is 17.7. The fourth-order valence-corrected chi connectivity index (χ4v) is 3.73. The number of benzene rings is 1. The van der Waals surface area contributed by atoms with Crippen molar-refractivity contribution in [1.82, 2.24) is 19.3 Å². The van der Waals surface area contributed by atoms with Crippen molar-refractivity contribution in [3.05, 3.63) is 100 Å². The summed E-state index contributed by atoms with van der Waals surface area (Å²) in [4.78, 5) is 24.4. The zero-order valence-electron chi connectivity index (χ0n) is 16.1. The molecule has 0 aliphatic rings. The Morgan fingerprint density at radius 2 is 1.86 bits per heavy atom. The van der Waals surface area contributed by atoms with Crippen LogP contribution in [0.25, 0.3) is 5.65 Å². The van der Waals surface area contributed by atoms with Gasteiger partial charge in [-0.2, -0.15) is 0 Å². The standard InChI is InChI=1S/C23H21BrN4O/c1-17-22(28-16-19(24)10-11-21(28)26-17)23(29)27(15-18-7-3-2-4-8-18)14-12-20-9-5-6-13-25-20/h2-11,13,16H,12,14-15H2,1H3. The van der Waals surface area contributed by atoms with Crippen molar-refractivity contribution in [2.24, 2.45) is 0 Å². The highest BCUT2D eigenvalue weighted by atomic mass is 79.9. The number of carbonyl (C=O) groups is 1. The first kappa shape index (κ1) is 19.3. The maximum absolute atomic E-state index is 13.6. The number of hydrogen-bond donors (Lipinski definition) is 0. The molecule has 3 aromatic heterocycles. The first-order valence-electron chi connectivity index (χ1n) is 9.49. The van der Waals surface area contributed by atoms with Crippen LogP contribution in [0.5, 0.6) is 0 Å². The molecule has 3 heterocycles. The van der Waals surface area contributed by atoms with E-state index in [0.29, 0.717) is 25.2 Å². The van der Waals surface area contributed by atoms with E-state index in [1.54, 1.807) is 6.20 Å². The van der Waals surface area contributed by atoms with Gasteiger partial charge in [-0.15, -0.1) is 0 Å². The van der Waals surface area contributed by atoms with Gasteiger partial charge in [0.05, 0.1) is 5.69 Å². The first-order valence-corrected chi connectivity index (χ1v) is 10.3. The normalized spacial score (nSPS) is 11.0. The molecule has 0 unspecified atom stereocenters. The Morgan fingerprint density at radius 1 is 1.07 bits per heavy atom. The molecule has 6 heteroatoms. The minimum Gasteiger partial charge on any atom is -0.333 e. The summed E-state index contributed by atoms with van der Waals surface area (Å²) in [5, 5.41) is 0. The van der Waals surface area contributed by atoms with Gasteiger partial charge >= 0.3 is 0 Å². The van der Waals surface area contributed by atoms with Gasteiger partial charge in [0.15, 0.2) is 0 Å². The Morgan fingerprint density at radius 3 is 2.62 bits per heavy atom. The lowest BCUT2D eigenvalue weighted by atomic mass is 10.1. The van der Waals surface area contributed by atoms with Crippen LogP contribution in [0.2, 0.25) is 0 Å². The molecule has 0 saturated carbocycles. The number of halogens is 1. The van der Waals surface area contributed by atoms with Gasteiger partial charge in [0.2, 0.25) is 0 Å². The van der Waals surface area contributed by atoms with E-state index in [2.05, 4.69) is 25.9 Å². The van der Waals surface area contributed by atoms with Crippen LogP contribution in [0.3, 0.4) is 0 Å². The minimum atomic E-state index is -0.0344. The second kappa shape index (κ2) is 8.57. The van der Waals surface area contributed by atoms with E-state index in [1.165, 1.54) is 0 Å². The average Bonchev–Trinajstić information content (AvgIpc) is 3.07. The molecule has 0 N–H and O–H groups in total. The van der Waals surface area contributed by atoms with Crippen molar-refractivity contribution in [3.8, 4) is 0 Å². The summed E-state index contributed by atoms with van der Waals surface area (Å²) in [6.07, 6.45) is 4.37. The Kier molecular flexibility index (Phi) is 5.71. The van der Waals surface area contributed by atoms with Crippen molar-refractivity contribution >= 4 is 27.5 Å². The topological polar surface area (TPSA) is 50.5 Å². The first-order chi connectivity index (χ1) is 14.1. The predicted molar refractivity (Wildman–Crippen MR) is 117 cm³/mol. The van der Waals surface area contributed by atoms with Crippen LogP contribution in [0, 0.1) is 6.92 Å². The highest BCUT2D eigenvalue weighted by Gasteiger charge is 2.23. The van der Waals surface area contributed by atoms with E-state index < -0.39 is 0 Å². The summed E-state index contributed by atoms with van der Waals surface area (Å²) in [7, 11) is 0. The van der Waals surface area contributed by atoms with Crippen LogP contribution in [0.15, 0.2) is 77.5 Å². The van der Waals surface area contributed by atoms with Gasteiger partial charge in [-0.1, -0.05) is 36.4 Å². The number of hydrogen-bond acceptors (Lipinski definition) is 3. The highest BCUT2D eigenvalue weighted by Crippen LogP contribution is 2.19. The summed E-state index contributed by atoms with van der Waals surface area (Å²) in [6.45, 7) is 2.99. The Balaban J connectivity index is 1.67. The Labute approximate surface area is 178 Å². The molecule has 0 spiro atoms. The molecule has 4 aromatic rings. The number of carbonyl (C=O) groups excluding carboxylic acids is 1. The smallest absolute Gasteiger partial charge is 0.273 e. The SMILES string of the molecule is Cc1nc2ccc(Br)cn2c1C(=O)N(CCc1ccccn1)Cc1ccccc1. The third-order valence-corrected chi connectivity index (χ3v) is 5.30. The van der Waals surface area contributed by atoms with Gasteiger partial charge in [-0.3, -0.25) is 14.2 Å². The summed E-state index contributed by atoms with van der Waals surface area (Å²) in [5.74, 6) is -0.0344. The Bertz CT molecular complexity index is 1130. The summed E-state index contributed by atoms with van der Waals surface area (Å²) < 4.78 is 2.76. The largest absolute Gasteiger partial charge is 0.333 e. The fraction of sp³-hybridized carbons (Fsp3) is 0.174. The van der Waals surface area contributed by atoms with Crippen molar-refractivity contribution < 1.29 is 4.79 Å². The van der Waals surface area contributed by atoms with Gasteiger partial charge in [0, 0.05) is 42.1 Å². The number of fused-ring (bicyclic) bond motifs is 1. The third-order valence-electron chi connectivity index (χ3n) is 4.83. The number of amides is 1. The molecule has 4 rings (SSSR count). The number of aryl methyl sites for hydroxylation is 1. The fourth-order valence-electron chi connectivity index (χ4n) is 3.40. The molecule has 29 heavy (non-hydrogen) atoms. The number of rotatable bonds is 6. The van der Waals surface area contributed by atoms with E-state index in [4.69, 9.17) is 0 Å². The maximum atomic E-state index is 13.6. The second-order valence-corrected chi connectivity index (χ2v) is 7.82. The zero-order chi connectivity index (χ0) is 20.2. The van der Waals surface area contributed by atoms with E-state index in [0.717, 1.165) is 27.1 Å². The quantitative estimate of drug-likeness (QED) is 0.429. The lowest BCUT2D eigenvalue weighted by Crippen LogP contribution is -2.34. The van der Waals surface area contributed by atoms with Gasteiger partial charge < -0.3 is 4.90 Å². The van der Waals surface area contributed by atoms with E-state index in [1.807, 2.05) is 83.1 Å². The van der Waals surface area contributed by atoms with Crippen LogP contribution < -0.4 is 0 Å². The van der Waals surface area contributed by atoms with Crippen molar-refractivity contribution in [3.63, 3.8) is 0 Å². The van der Waals surface area contributed by atoms with Gasteiger partial charge in [0.25, 0.3) is 5.91 Å². The minimum absolute atomic E-state index is 0.0344. The molecule has 0 radical (unpaired) electrons. The van der Waals surface area contributed by atoms with Gasteiger partial charge in [-0.05, 0) is 52.7 Å². The van der Waals surface area contributed by atoms with Crippen LogP contribution in [0.4, 0.5) is 0 Å². The molecule has 1 aromatic carbocycles. The van der Waals surface area contributed by atoms with Gasteiger partial charge in [-0.25, -0.2) is 4.98 Å². The number of aromatic nitrogens is 3. The molecule has 0 fully saturated rings. The van der Waals surface area contributed by atoms with Crippen LogP contribution >= 0.6 is 15.9 Å². The third kappa shape index (κ3) is 4.38. The van der Waals surface area contributed by atoms with E-state index in [-0.39, 0.29) is 5.91 Å². The average molecular weight is 449 g/mol. The summed E-state index contributed by atoms with van der Waals surface area (Å²) in [6, 6.07) is 19.7. The van der Waals surface area contributed by atoms with Crippen molar-refractivity contribution in [2.75, 3.05) is 6.54 Å². The molecule has 0 bridgehead atoms. The van der Waals surface area contributed by atoms with Crippen molar-refractivity contribution in [2.45, 2.75) is 19.9 Å².